The molecule has 1 N–H and O–H groups in total. The minimum Gasteiger partial charge on any atom is -0.324 e. The summed E-state index contributed by atoms with van der Waals surface area (Å²) in [5.74, 6) is 0.347. The number of hydrogen-bond acceptors (Lipinski definition) is 6. The summed E-state index contributed by atoms with van der Waals surface area (Å²) in [5, 5.41) is 4.09. The van der Waals surface area contributed by atoms with Gasteiger partial charge >= 0.3 is 0 Å². The molecule has 0 bridgehead atoms. The van der Waals surface area contributed by atoms with Crippen LogP contribution in [0.4, 0.5) is 11.6 Å². The molecular weight excluding hydrogens is 486 g/mol. The number of aryl methyl sites for hydroxylation is 1. The molecule has 1 saturated heterocycles. The fraction of sp³-hybridized carbons (Fsp3) is 0.480. The predicted octanol–water partition coefficient (Wildman–Crippen LogP) is 4.79. The topological polar surface area (TPSA) is 97.2 Å². The first-order valence-corrected chi connectivity index (χ1v) is 14.0. The summed E-state index contributed by atoms with van der Waals surface area (Å²) in [6, 6.07) is 6.77. The number of hydrogen-bond donors (Lipinski definition) is 1. The lowest BCUT2D eigenvalue weighted by Crippen LogP contribution is -2.61. The molecule has 1 aromatic carbocycles. The fourth-order valence-corrected chi connectivity index (χ4v) is 7.68. The van der Waals surface area contributed by atoms with Gasteiger partial charge in [-0.15, -0.1) is 0 Å². The average molecular weight is 514 g/mol. The Morgan fingerprint density at radius 1 is 1.11 bits per heavy atom. The first-order chi connectivity index (χ1) is 16.8. The van der Waals surface area contributed by atoms with Gasteiger partial charge in [-0.25, -0.2) is 13.4 Å². The highest BCUT2D eigenvalue weighted by atomic mass is 35.5. The van der Waals surface area contributed by atoms with E-state index in [4.69, 9.17) is 11.6 Å². The Morgan fingerprint density at radius 2 is 1.86 bits per heavy atom. The van der Waals surface area contributed by atoms with E-state index in [1.165, 1.54) is 6.42 Å². The van der Waals surface area contributed by atoms with Crippen molar-refractivity contribution in [1.82, 2.24) is 18.8 Å². The Morgan fingerprint density at radius 3 is 2.51 bits per heavy atom. The van der Waals surface area contributed by atoms with Crippen LogP contribution in [-0.2, 0) is 10.0 Å². The zero-order chi connectivity index (χ0) is 24.4. The minimum absolute atomic E-state index is 0.0817. The maximum atomic E-state index is 13.1. The van der Waals surface area contributed by atoms with Gasteiger partial charge in [0.15, 0.2) is 0 Å². The monoisotopic (exact) mass is 513 g/mol. The highest BCUT2D eigenvalue weighted by molar-refractivity contribution is 7.89. The Balaban J connectivity index is 1.28. The molecule has 3 fully saturated rings. The average Bonchev–Trinajstić information content (AvgIpc) is 3.28. The normalized spacial score (nSPS) is 20.2. The van der Waals surface area contributed by atoms with Crippen molar-refractivity contribution in [3.63, 3.8) is 0 Å². The van der Waals surface area contributed by atoms with Gasteiger partial charge in [-0.3, -0.25) is 9.36 Å². The Hall–Kier alpha value is -2.49. The molecule has 10 heteroatoms. The summed E-state index contributed by atoms with van der Waals surface area (Å²) in [7, 11) is -3.49. The molecule has 35 heavy (non-hydrogen) atoms. The summed E-state index contributed by atoms with van der Waals surface area (Å²) < 4.78 is 29.4. The van der Waals surface area contributed by atoms with Crippen LogP contribution in [0.3, 0.4) is 0 Å². The number of benzene rings is 1. The van der Waals surface area contributed by atoms with Crippen LogP contribution in [0.25, 0.3) is 11.0 Å². The highest BCUT2D eigenvalue weighted by Crippen LogP contribution is 2.49. The summed E-state index contributed by atoms with van der Waals surface area (Å²) in [6.07, 6.45) is 9.14. The van der Waals surface area contributed by atoms with Gasteiger partial charge < -0.3 is 5.32 Å². The summed E-state index contributed by atoms with van der Waals surface area (Å²) in [5.41, 5.74) is 2.06. The van der Waals surface area contributed by atoms with Crippen molar-refractivity contribution in [3.05, 3.63) is 51.4 Å². The molecule has 3 aromatic rings. The van der Waals surface area contributed by atoms with Crippen LogP contribution < -0.4 is 10.9 Å². The van der Waals surface area contributed by atoms with Gasteiger partial charge in [-0.1, -0.05) is 30.9 Å². The zero-order valence-corrected chi connectivity index (χ0v) is 21.2. The number of pyridine rings is 1. The van der Waals surface area contributed by atoms with Crippen molar-refractivity contribution < 1.29 is 8.42 Å². The lowest BCUT2D eigenvalue weighted by atomic mass is 9.65. The molecule has 2 saturated carbocycles. The van der Waals surface area contributed by atoms with Crippen molar-refractivity contribution in [2.75, 3.05) is 18.4 Å². The van der Waals surface area contributed by atoms with Crippen LogP contribution in [0.2, 0.25) is 5.02 Å². The van der Waals surface area contributed by atoms with Crippen LogP contribution in [0.5, 0.6) is 0 Å². The third-order valence-corrected chi connectivity index (χ3v) is 10.00. The van der Waals surface area contributed by atoms with E-state index in [9.17, 15) is 13.2 Å². The fourth-order valence-electron chi connectivity index (χ4n) is 5.72. The lowest BCUT2D eigenvalue weighted by Gasteiger charge is -2.54. The van der Waals surface area contributed by atoms with Gasteiger partial charge in [0.05, 0.1) is 4.90 Å². The number of rotatable bonds is 5. The molecule has 2 aliphatic carbocycles. The van der Waals surface area contributed by atoms with E-state index < -0.39 is 10.0 Å². The van der Waals surface area contributed by atoms with E-state index in [0.29, 0.717) is 40.7 Å². The first kappa shape index (κ1) is 22.9. The van der Waals surface area contributed by atoms with Crippen LogP contribution >= 0.6 is 11.6 Å². The summed E-state index contributed by atoms with van der Waals surface area (Å²) in [6.45, 7) is 3.12. The van der Waals surface area contributed by atoms with E-state index >= 15 is 0 Å². The Labute approximate surface area is 209 Å². The van der Waals surface area contributed by atoms with Gasteiger partial charge in [-0.05, 0) is 67.9 Å². The van der Waals surface area contributed by atoms with E-state index in [1.54, 1.807) is 39.3 Å². The molecule has 3 heterocycles. The van der Waals surface area contributed by atoms with Crippen molar-refractivity contribution in [2.45, 2.75) is 62.8 Å². The maximum absolute atomic E-state index is 13.1. The number of fused-ring (bicyclic) bond motifs is 1. The van der Waals surface area contributed by atoms with E-state index in [1.807, 2.05) is 6.92 Å². The lowest BCUT2D eigenvalue weighted by molar-refractivity contribution is -0.00794. The molecule has 0 amide bonds. The molecule has 2 aromatic heterocycles. The van der Waals surface area contributed by atoms with Gasteiger partial charge in [-0.2, -0.15) is 9.29 Å². The van der Waals surface area contributed by atoms with Crippen molar-refractivity contribution >= 4 is 44.3 Å². The number of aromatic nitrogens is 3. The molecule has 1 spiro atoms. The molecule has 0 atom stereocenters. The highest BCUT2D eigenvalue weighted by Gasteiger charge is 2.51. The van der Waals surface area contributed by atoms with Gasteiger partial charge in [0, 0.05) is 36.4 Å². The maximum Gasteiger partial charge on any atom is 0.271 e. The minimum atomic E-state index is -3.49. The smallest absolute Gasteiger partial charge is 0.271 e. The van der Waals surface area contributed by atoms with Gasteiger partial charge in [0.25, 0.3) is 5.56 Å². The molecule has 3 aliphatic rings. The second kappa shape index (κ2) is 8.28. The van der Waals surface area contributed by atoms with E-state index in [2.05, 4.69) is 15.3 Å². The molecule has 8 nitrogen and oxygen atoms in total. The third kappa shape index (κ3) is 3.84. The number of halogens is 1. The van der Waals surface area contributed by atoms with Crippen molar-refractivity contribution in [3.8, 4) is 0 Å². The second-order valence-electron chi connectivity index (χ2n) is 10.3. The Bertz CT molecular complexity index is 1480. The van der Waals surface area contributed by atoms with Crippen LogP contribution in [0.15, 0.2) is 40.2 Å². The molecule has 0 unspecified atom stereocenters. The summed E-state index contributed by atoms with van der Waals surface area (Å²) in [4.78, 5) is 22.2. The number of nitrogens with zero attached hydrogens (tertiary/aromatic N) is 4. The number of sulfonamides is 1. The second-order valence-corrected chi connectivity index (χ2v) is 12.7. The van der Waals surface area contributed by atoms with Crippen molar-refractivity contribution in [2.24, 2.45) is 5.41 Å². The van der Waals surface area contributed by atoms with Crippen molar-refractivity contribution in [1.29, 1.82) is 0 Å². The first-order valence-electron chi connectivity index (χ1n) is 12.2. The van der Waals surface area contributed by atoms with E-state index in [0.717, 1.165) is 44.1 Å². The standard InChI is InChI=1S/C25H28ClN5O3S/c1-16-11-19(35(33,34)30-14-25(15-30)9-4-10-25)7-8-21(16)28-24-27-13-17-12-20(26)23(32)31(22(17)29-24)18-5-2-3-6-18/h7-8,11-13,18H,2-6,9-10,14-15H2,1H3,(H,27,28,29). The quantitative estimate of drug-likeness (QED) is 0.527. The van der Waals surface area contributed by atoms with E-state index in [-0.39, 0.29) is 22.0 Å². The number of nitrogens with one attached hydrogen (secondary N) is 1. The van der Waals surface area contributed by atoms with Crippen LogP contribution in [0, 0.1) is 12.3 Å². The summed E-state index contributed by atoms with van der Waals surface area (Å²) >= 11 is 6.22. The SMILES string of the molecule is Cc1cc(S(=O)(=O)N2CC3(CCC3)C2)ccc1Nc1ncc2cc(Cl)c(=O)n(C3CCCC3)c2n1. The molecule has 0 radical (unpaired) electrons. The Kier molecular flexibility index (Phi) is 5.43. The number of anilines is 2. The van der Waals surface area contributed by atoms with Crippen LogP contribution in [-0.4, -0.2) is 40.3 Å². The van der Waals surface area contributed by atoms with Gasteiger partial charge in [0.2, 0.25) is 16.0 Å². The molecular formula is C25H28ClN5O3S. The predicted molar refractivity (Wildman–Crippen MR) is 136 cm³/mol. The zero-order valence-electron chi connectivity index (χ0n) is 19.6. The third-order valence-electron chi connectivity index (χ3n) is 7.94. The molecule has 1 aliphatic heterocycles. The molecule has 184 valence electrons. The largest absolute Gasteiger partial charge is 0.324 e. The molecule has 6 rings (SSSR count). The van der Waals surface area contributed by atoms with Crippen LogP contribution in [0.1, 0.15) is 56.6 Å². The van der Waals surface area contributed by atoms with Gasteiger partial charge in [0.1, 0.15) is 10.7 Å².